The molecule has 1 heterocycles. The predicted octanol–water partition coefficient (Wildman–Crippen LogP) is 5.12. The summed E-state index contributed by atoms with van der Waals surface area (Å²) in [5, 5.41) is 4.07. The molecule has 0 aliphatic carbocycles. The van der Waals surface area contributed by atoms with Gasteiger partial charge in [0.2, 0.25) is 0 Å². The molecule has 0 spiro atoms. The largest absolute Gasteiger partial charge is 0.385 e. The number of nitrogens with zero attached hydrogens (tertiary/aromatic N) is 1. The first-order chi connectivity index (χ1) is 9.56. The fourth-order valence-electron chi connectivity index (χ4n) is 2.25. The van der Waals surface area contributed by atoms with Crippen LogP contribution in [0.15, 0.2) is 24.3 Å². The van der Waals surface area contributed by atoms with Crippen LogP contribution >= 0.6 is 0 Å². The Morgan fingerprint density at radius 1 is 1.20 bits per heavy atom. The second-order valence-corrected chi connectivity index (χ2v) is 5.01. The Labute approximate surface area is 118 Å². The van der Waals surface area contributed by atoms with Crippen molar-refractivity contribution in [2.45, 2.75) is 39.5 Å². The van der Waals surface area contributed by atoms with Gasteiger partial charge in [-0.25, -0.2) is 13.8 Å². The lowest BCUT2D eigenvalue weighted by atomic mass is 9.96. The van der Waals surface area contributed by atoms with Crippen molar-refractivity contribution in [1.82, 2.24) is 4.98 Å². The topological polar surface area (TPSA) is 24.9 Å². The molecule has 0 saturated heterocycles. The SMILES string of the molecule is CCNc1cc(C(F)F)nc2ccc(C(C)CC)cc12. The van der Waals surface area contributed by atoms with Crippen molar-refractivity contribution in [3.05, 3.63) is 35.5 Å². The molecule has 1 atom stereocenters. The van der Waals surface area contributed by atoms with Crippen LogP contribution in [-0.2, 0) is 0 Å². The minimum absolute atomic E-state index is 0.176. The van der Waals surface area contributed by atoms with Gasteiger partial charge >= 0.3 is 0 Å². The normalized spacial score (nSPS) is 12.9. The highest BCUT2D eigenvalue weighted by Crippen LogP contribution is 2.30. The van der Waals surface area contributed by atoms with E-state index in [1.54, 1.807) is 0 Å². The van der Waals surface area contributed by atoms with Gasteiger partial charge in [-0.15, -0.1) is 0 Å². The van der Waals surface area contributed by atoms with Gasteiger partial charge in [-0.2, -0.15) is 0 Å². The molecule has 0 bridgehead atoms. The van der Waals surface area contributed by atoms with Gasteiger partial charge < -0.3 is 5.32 Å². The number of halogens is 2. The zero-order valence-corrected chi connectivity index (χ0v) is 12.1. The molecule has 0 aliphatic rings. The van der Waals surface area contributed by atoms with E-state index < -0.39 is 6.43 Å². The highest BCUT2D eigenvalue weighted by molar-refractivity contribution is 5.92. The number of anilines is 1. The Morgan fingerprint density at radius 2 is 1.95 bits per heavy atom. The third-order valence-corrected chi connectivity index (χ3v) is 3.62. The van der Waals surface area contributed by atoms with Gasteiger partial charge in [0, 0.05) is 17.6 Å². The van der Waals surface area contributed by atoms with Gasteiger partial charge in [0.1, 0.15) is 5.69 Å². The van der Waals surface area contributed by atoms with Gasteiger partial charge in [0.25, 0.3) is 6.43 Å². The average molecular weight is 278 g/mol. The van der Waals surface area contributed by atoms with Crippen molar-refractivity contribution < 1.29 is 8.78 Å². The van der Waals surface area contributed by atoms with Crippen molar-refractivity contribution in [3.63, 3.8) is 0 Å². The maximum atomic E-state index is 12.9. The molecular formula is C16H20F2N2. The summed E-state index contributed by atoms with van der Waals surface area (Å²) in [6.07, 6.45) is -1.50. The molecule has 108 valence electrons. The molecule has 0 saturated carbocycles. The van der Waals surface area contributed by atoms with Crippen molar-refractivity contribution >= 4 is 16.6 Å². The lowest BCUT2D eigenvalue weighted by Crippen LogP contribution is -2.02. The van der Waals surface area contributed by atoms with Crippen molar-refractivity contribution in [2.75, 3.05) is 11.9 Å². The highest BCUT2D eigenvalue weighted by atomic mass is 19.3. The first-order valence-electron chi connectivity index (χ1n) is 7.03. The number of nitrogens with one attached hydrogen (secondary N) is 1. The van der Waals surface area contributed by atoms with Crippen LogP contribution in [0.3, 0.4) is 0 Å². The molecule has 0 aliphatic heterocycles. The summed E-state index contributed by atoms with van der Waals surface area (Å²) in [7, 11) is 0. The fourth-order valence-corrected chi connectivity index (χ4v) is 2.25. The molecule has 1 aromatic heterocycles. The molecule has 1 aromatic carbocycles. The summed E-state index contributed by atoms with van der Waals surface area (Å²) < 4.78 is 25.8. The van der Waals surface area contributed by atoms with E-state index in [1.165, 1.54) is 11.6 Å². The van der Waals surface area contributed by atoms with Gasteiger partial charge in [-0.1, -0.05) is 19.9 Å². The van der Waals surface area contributed by atoms with Crippen LogP contribution in [0.5, 0.6) is 0 Å². The fraction of sp³-hybridized carbons (Fsp3) is 0.438. The molecule has 0 fully saturated rings. The van der Waals surface area contributed by atoms with Crippen LogP contribution in [0.1, 0.15) is 50.8 Å². The van der Waals surface area contributed by atoms with Crippen molar-refractivity contribution in [1.29, 1.82) is 0 Å². The molecule has 1 unspecified atom stereocenters. The van der Waals surface area contributed by atoms with Gasteiger partial charge in [0.05, 0.1) is 5.52 Å². The molecular weight excluding hydrogens is 258 g/mol. The summed E-state index contributed by atoms with van der Waals surface area (Å²) in [5.74, 6) is 0.448. The molecule has 4 heteroatoms. The Balaban J connectivity index is 2.60. The maximum absolute atomic E-state index is 12.9. The van der Waals surface area contributed by atoms with Crippen LogP contribution in [0, 0.1) is 0 Å². The molecule has 0 radical (unpaired) electrons. The van der Waals surface area contributed by atoms with Crippen molar-refractivity contribution in [2.24, 2.45) is 0 Å². The number of pyridine rings is 1. The average Bonchev–Trinajstić information content (AvgIpc) is 2.46. The number of rotatable bonds is 5. The second-order valence-electron chi connectivity index (χ2n) is 5.01. The van der Waals surface area contributed by atoms with Crippen LogP contribution in [0.25, 0.3) is 10.9 Å². The van der Waals surface area contributed by atoms with E-state index in [4.69, 9.17) is 0 Å². The van der Waals surface area contributed by atoms with Crippen molar-refractivity contribution in [3.8, 4) is 0 Å². The predicted molar refractivity (Wildman–Crippen MR) is 79.6 cm³/mol. The van der Waals surface area contributed by atoms with E-state index in [9.17, 15) is 8.78 Å². The maximum Gasteiger partial charge on any atom is 0.280 e. The number of fused-ring (bicyclic) bond motifs is 1. The van der Waals surface area contributed by atoms with E-state index in [0.717, 1.165) is 17.5 Å². The highest BCUT2D eigenvalue weighted by Gasteiger charge is 2.14. The van der Waals surface area contributed by atoms with E-state index in [1.807, 2.05) is 19.1 Å². The summed E-state index contributed by atoms with van der Waals surface area (Å²) in [6, 6.07) is 7.33. The first kappa shape index (κ1) is 14.7. The number of benzene rings is 1. The summed E-state index contributed by atoms with van der Waals surface area (Å²) in [4.78, 5) is 4.05. The smallest absolute Gasteiger partial charge is 0.280 e. The standard InChI is InChI=1S/C16H20F2N2/c1-4-10(3)11-6-7-13-12(8-11)14(19-5-2)9-15(20-13)16(17)18/h6-10,16H,4-5H2,1-3H3,(H,19,20). The number of hydrogen-bond donors (Lipinski definition) is 1. The van der Waals surface area contributed by atoms with Crippen LogP contribution in [0.2, 0.25) is 0 Å². The molecule has 1 N–H and O–H groups in total. The second kappa shape index (κ2) is 6.16. The van der Waals surface area contributed by atoms with Gasteiger partial charge in [0.15, 0.2) is 0 Å². The van der Waals surface area contributed by atoms with E-state index in [0.29, 0.717) is 18.0 Å². The summed E-state index contributed by atoms with van der Waals surface area (Å²) in [6.45, 7) is 6.94. The van der Waals surface area contributed by atoms with E-state index in [-0.39, 0.29) is 5.69 Å². The Morgan fingerprint density at radius 3 is 2.55 bits per heavy atom. The molecule has 2 rings (SSSR count). The van der Waals surface area contributed by atoms with Crippen LogP contribution < -0.4 is 5.32 Å². The zero-order chi connectivity index (χ0) is 14.7. The lowest BCUT2D eigenvalue weighted by molar-refractivity contribution is 0.146. The quantitative estimate of drug-likeness (QED) is 0.821. The molecule has 2 aromatic rings. The minimum Gasteiger partial charge on any atom is -0.385 e. The zero-order valence-electron chi connectivity index (χ0n) is 12.1. The van der Waals surface area contributed by atoms with E-state index in [2.05, 4.69) is 30.2 Å². The molecule has 2 nitrogen and oxygen atoms in total. The van der Waals surface area contributed by atoms with Gasteiger partial charge in [-0.05, 0) is 43.0 Å². The Kier molecular flexibility index (Phi) is 4.53. The Bertz CT molecular complexity index is 596. The first-order valence-corrected chi connectivity index (χ1v) is 7.03. The van der Waals surface area contributed by atoms with Crippen LogP contribution in [-0.4, -0.2) is 11.5 Å². The third kappa shape index (κ3) is 2.89. The van der Waals surface area contributed by atoms with E-state index >= 15 is 0 Å². The monoisotopic (exact) mass is 278 g/mol. The summed E-state index contributed by atoms with van der Waals surface area (Å²) >= 11 is 0. The third-order valence-electron chi connectivity index (χ3n) is 3.62. The Hall–Kier alpha value is -1.71. The number of aromatic nitrogens is 1. The number of hydrogen-bond acceptors (Lipinski definition) is 2. The lowest BCUT2D eigenvalue weighted by Gasteiger charge is -2.14. The molecule has 20 heavy (non-hydrogen) atoms. The van der Waals surface area contributed by atoms with Gasteiger partial charge in [-0.3, -0.25) is 0 Å². The summed E-state index contributed by atoms with van der Waals surface area (Å²) in [5.41, 5.74) is 2.39. The van der Waals surface area contributed by atoms with Crippen LogP contribution in [0.4, 0.5) is 14.5 Å². The molecule has 0 amide bonds. The minimum atomic E-state index is -2.55. The number of alkyl halides is 2.